The fraction of sp³-hybridized carbons (Fsp3) is 0.263. The van der Waals surface area contributed by atoms with Crippen molar-refractivity contribution in [2.24, 2.45) is 0 Å². The summed E-state index contributed by atoms with van der Waals surface area (Å²) in [5.41, 5.74) is 2.32. The number of carbonyl (C=O) groups excluding carboxylic acids is 1. The zero-order valence-electron chi connectivity index (χ0n) is 14.0. The molecule has 0 bridgehead atoms. The van der Waals surface area contributed by atoms with Crippen LogP contribution in [0, 0.1) is 0 Å². The van der Waals surface area contributed by atoms with E-state index in [4.69, 9.17) is 4.74 Å². The summed E-state index contributed by atoms with van der Waals surface area (Å²) in [5, 5.41) is 9.18. The van der Waals surface area contributed by atoms with Crippen LogP contribution in [0.25, 0.3) is 11.1 Å². The summed E-state index contributed by atoms with van der Waals surface area (Å²) in [5.74, 6) is -0.555. The molecule has 0 unspecified atom stereocenters. The molecule has 24 heavy (non-hydrogen) atoms. The number of carboxylic acid groups (broad SMARTS) is 1. The second kappa shape index (κ2) is 7.64. The van der Waals surface area contributed by atoms with Gasteiger partial charge in [0.25, 0.3) is 5.91 Å². The molecular weight excluding hydrogens is 306 g/mol. The highest BCUT2D eigenvalue weighted by atomic mass is 16.5. The van der Waals surface area contributed by atoms with Crippen molar-refractivity contribution in [3.8, 4) is 16.9 Å². The molecule has 2 aromatic carbocycles. The molecule has 0 radical (unpaired) electrons. The summed E-state index contributed by atoms with van der Waals surface area (Å²) >= 11 is 0. The van der Waals surface area contributed by atoms with Crippen molar-refractivity contribution in [3.63, 3.8) is 0 Å². The van der Waals surface area contributed by atoms with E-state index < -0.39 is 12.0 Å². The van der Waals surface area contributed by atoms with E-state index >= 15 is 0 Å². The van der Waals surface area contributed by atoms with Crippen molar-refractivity contribution in [1.29, 1.82) is 0 Å². The molecular formula is C19H21NO4. The summed E-state index contributed by atoms with van der Waals surface area (Å²) in [6.45, 7) is 1.74. The molecule has 126 valence electrons. The lowest BCUT2D eigenvalue weighted by Crippen LogP contribution is -2.41. The van der Waals surface area contributed by atoms with Crippen LogP contribution in [0.5, 0.6) is 5.75 Å². The Morgan fingerprint density at radius 3 is 2.29 bits per heavy atom. The number of rotatable bonds is 6. The van der Waals surface area contributed by atoms with Gasteiger partial charge in [-0.1, -0.05) is 37.3 Å². The second-order valence-electron chi connectivity index (χ2n) is 5.46. The number of para-hydroxylation sites is 1. The van der Waals surface area contributed by atoms with E-state index in [2.05, 4.69) is 0 Å². The number of methoxy groups -OCH3 is 1. The fourth-order valence-corrected chi connectivity index (χ4v) is 2.63. The number of benzene rings is 2. The number of amides is 1. The summed E-state index contributed by atoms with van der Waals surface area (Å²) in [4.78, 5) is 24.9. The van der Waals surface area contributed by atoms with Gasteiger partial charge in [-0.25, -0.2) is 4.79 Å². The van der Waals surface area contributed by atoms with Crippen molar-refractivity contribution in [3.05, 3.63) is 54.1 Å². The van der Waals surface area contributed by atoms with Crippen LogP contribution < -0.4 is 4.74 Å². The van der Waals surface area contributed by atoms with Gasteiger partial charge in [0.1, 0.15) is 11.8 Å². The molecule has 0 aliphatic heterocycles. The van der Waals surface area contributed by atoms with E-state index in [1.54, 1.807) is 26.2 Å². The van der Waals surface area contributed by atoms with Gasteiger partial charge < -0.3 is 14.7 Å². The SMILES string of the molecule is CC[C@H](C(=O)O)N(C)C(=O)c1ccc(-c2ccccc2OC)cc1. The normalized spacial score (nSPS) is 11.6. The highest BCUT2D eigenvalue weighted by Gasteiger charge is 2.25. The number of hydrogen-bond acceptors (Lipinski definition) is 3. The molecule has 1 atom stereocenters. The molecule has 0 saturated heterocycles. The molecule has 0 aliphatic rings. The summed E-state index contributed by atoms with van der Waals surface area (Å²) in [7, 11) is 3.13. The van der Waals surface area contributed by atoms with Gasteiger partial charge in [0.2, 0.25) is 0 Å². The minimum atomic E-state index is -1.00. The first-order chi connectivity index (χ1) is 11.5. The highest BCUT2D eigenvalue weighted by Crippen LogP contribution is 2.29. The molecule has 0 spiro atoms. The van der Waals surface area contributed by atoms with Crippen molar-refractivity contribution in [2.45, 2.75) is 19.4 Å². The Morgan fingerprint density at radius 1 is 1.12 bits per heavy atom. The third kappa shape index (κ3) is 3.56. The largest absolute Gasteiger partial charge is 0.496 e. The van der Waals surface area contributed by atoms with Crippen LogP contribution in [0.4, 0.5) is 0 Å². The number of aliphatic carboxylic acids is 1. The number of carbonyl (C=O) groups is 2. The third-order valence-corrected chi connectivity index (χ3v) is 4.01. The molecule has 2 aromatic rings. The summed E-state index contributed by atoms with van der Waals surface area (Å²) in [6, 6.07) is 13.9. The predicted molar refractivity (Wildman–Crippen MR) is 92.2 cm³/mol. The zero-order chi connectivity index (χ0) is 17.7. The van der Waals surface area contributed by atoms with Gasteiger partial charge in [-0.05, 0) is 30.2 Å². The molecule has 0 heterocycles. The third-order valence-electron chi connectivity index (χ3n) is 4.01. The fourth-order valence-electron chi connectivity index (χ4n) is 2.63. The maximum Gasteiger partial charge on any atom is 0.326 e. The Morgan fingerprint density at radius 2 is 1.75 bits per heavy atom. The van der Waals surface area contributed by atoms with Crippen LogP contribution >= 0.6 is 0 Å². The van der Waals surface area contributed by atoms with Crippen LogP contribution in [-0.4, -0.2) is 42.1 Å². The Bertz CT molecular complexity index is 724. The summed E-state index contributed by atoms with van der Waals surface area (Å²) in [6.07, 6.45) is 0.358. The monoisotopic (exact) mass is 327 g/mol. The van der Waals surface area contributed by atoms with Crippen molar-refractivity contribution < 1.29 is 19.4 Å². The Kier molecular flexibility index (Phi) is 5.58. The average molecular weight is 327 g/mol. The molecule has 1 N–H and O–H groups in total. The Hall–Kier alpha value is -2.82. The van der Waals surface area contributed by atoms with Crippen molar-refractivity contribution in [2.75, 3.05) is 14.2 Å². The van der Waals surface area contributed by atoms with E-state index in [-0.39, 0.29) is 5.91 Å². The highest BCUT2D eigenvalue weighted by molar-refractivity contribution is 5.96. The van der Waals surface area contributed by atoms with Gasteiger partial charge in [-0.3, -0.25) is 4.79 Å². The van der Waals surface area contributed by atoms with Crippen molar-refractivity contribution in [1.82, 2.24) is 4.90 Å². The first-order valence-corrected chi connectivity index (χ1v) is 7.73. The molecule has 0 saturated carbocycles. The number of nitrogens with zero attached hydrogens (tertiary/aromatic N) is 1. The van der Waals surface area contributed by atoms with E-state index in [0.29, 0.717) is 12.0 Å². The molecule has 5 heteroatoms. The number of ether oxygens (including phenoxy) is 1. The standard InChI is InChI=1S/C19H21NO4/c1-4-16(19(22)23)20(2)18(21)14-11-9-13(10-12-14)15-7-5-6-8-17(15)24-3/h5-12,16H,4H2,1-3H3,(H,22,23)/t16-/m1/s1. The quantitative estimate of drug-likeness (QED) is 0.884. The van der Waals surface area contributed by atoms with Gasteiger partial charge in [0.15, 0.2) is 0 Å². The minimum absolute atomic E-state index is 0.309. The Balaban J connectivity index is 2.26. The second-order valence-corrected chi connectivity index (χ2v) is 5.46. The maximum atomic E-state index is 12.5. The Labute approximate surface area is 141 Å². The van der Waals surface area contributed by atoms with Gasteiger partial charge in [-0.15, -0.1) is 0 Å². The zero-order valence-corrected chi connectivity index (χ0v) is 14.0. The van der Waals surface area contributed by atoms with Crippen LogP contribution in [0.2, 0.25) is 0 Å². The first-order valence-electron chi connectivity index (χ1n) is 7.73. The number of hydrogen-bond donors (Lipinski definition) is 1. The van der Waals surface area contributed by atoms with Crippen molar-refractivity contribution >= 4 is 11.9 Å². The van der Waals surface area contributed by atoms with E-state index in [1.807, 2.05) is 36.4 Å². The minimum Gasteiger partial charge on any atom is -0.496 e. The molecule has 0 aromatic heterocycles. The first kappa shape index (κ1) is 17.5. The van der Waals surface area contributed by atoms with E-state index in [1.165, 1.54) is 11.9 Å². The maximum absolute atomic E-state index is 12.5. The van der Waals surface area contributed by atoms with Crippen LogP contribution in [-0.2, 0) is 4.79 Å². The average Bonchev–Trinajstić information content (AvgIpc) is 2.61. The molecule has 1 amide bonds. The molecule has 5 nitrogen and oxygen atoms in total. The van der Waals surface area contributed by atoms with Gasteiger partial charge >= 0.3 is 5.97 Å². The smallest absolute Gasteiger partial charge is 0.326 e. The molecule has 2 rings (SSSR count). The van der Waals surface area contributed by atoms with Crippen LogP contribution in [0.15, 0.2) is 48.5 Å². The van der Waals surface area contributed by atoms with E-state index in [0.717, 1.165) is 16.9 Å². The van der Waals surface area contributed by atoms with Gasteiger partial charge in [0, 0.05) is 18.2 Å². The topological polar surface area (TPSA) is 66.8 Å². The predicted octanol–water partition coefficient (Wildman–Crippen LogP) is 3.30. The lowest BCUT2D eigenvalue weighted by molar-refractivity contribution is -0.142. The lowest BCUT2D eigenvalue weighted by atomic mass is 10.0. The number of likely N-dealkylation sites (N-methyl/N-ethyl adjacent to an activating group) is 1. The molecule has 0 fully saturated rings. The van der Waals surface area contributed by atoms with E-state index in [9.17, 15) is 14.7 Å². The summed E-state index contributed by atoms with van der Waals surface area (Å²) < 4.78 is 5.35. The van der Waals surface area contributed by atoms with Gasteiger partial charge in [-0.2, -0.15) is 0 Å². The van der Waals surface area contributed by atoms with Crippen LogP contribution in [0.1, 0.15) is 23.7 Å². The number of carboxylic acids is 1. The molecule has 0 aliphatic carbocycles. The lowest BCUT2D eigenvalue weighted by Gasteiger charge is -2.23. The van der Waals surface area contributed by atoms with Gasteiger partial charge in [0.05, 0.1) is 7.11 Å². The van der Waals surface area contributed by atoms with Crippen LogP contribution in [0.3, 0.4) is 0 Å².